The maximum atomic E-state index is 12.8. The summed E-state index contributed by atoms with van der Waals surface area (Å²) < 4.78 is 3.23. The van der Waals surface area contributed by atoms with E-state index in [0.29, 0.717) is 28.6 Å². The normalized spacial score (nSPS) is 14.9. The second-order valence-electron chi connectivity index (χ2n) is 6.16. The van der Waals surface area contributed by atoms with Gasteiger partial charge >= 0.3 is 0 Å². The zero-order valence-electron chi connectivity index (χ0n) is 14.2. The van der Waals surface area contributed by atoms with Gasteiger partial charge in [0.25, 0.3) is 5.56 Å². The van der Waals surface area contributed by atoms with E-state index in [1.54, 1.807) is 17.0 Å². The van der Waals surface area contributed by atoms with Gasteiger partial charge in [-0.3, -0.25) is 4.79 Å². The van der Waals surface area contributed by atoms with Crippen LogP contribution in [0.15, 0.2) is 47.0 Å². The molecule has 3 aromatic rings. The Morgan fingerprint density at radius 2 is 2.23 bits per heavy atom. The number of rotatable bonds is 5. The Labute approximate surface area is 154 Å². The van der Waals surface area contributed by atoms with Crippen LogP contribution < -0.4 is 5.56 Å². The molecule has 1 aliphatic carbocycles. The zero-order valence-corrected chi connectivity index (χ0v) is 15.0. The van der Waals surface area contributed by atoms with Gasteiger partial charge in [0, 0.05) is 6.20 Å². The van der Waals surface area contributed by atoms with Crippen LogP contribution in [-0.2, 0) is 12.0 Å². The monoisotopic (exact) mass is 364 g/mol. The van der Waals surface area contributed by atoms with E-state index in [4.69, 9.17) is 0 Å². The largest absolute Gasteiger partial charge is 0.278 e. The molecule has 0 unspecified atom stereocenters. The molecule has 0 bridgehead atoms. The fourth-order valence-corrected chi connectivity index (χ4v) is 3.32. The lowest BCUT2D eigenvalue weighted by Crippen LogP contribution is -2.22. The average molecular weight is 364 g/mol. The molecule has 3 aromatic heterocycles. The van der Waals surface area contributed by atoms with Crippen molar-refractivity contribution in [2.24, 2.45) is 0 Å². The SMILES string of the molecule is C=CCn1c(=O)c2cnc(SC)nc2n1-c1cccc(C2(C#N)CC2)n1. The van der Waals surface area contributed by atoms with E-state index >= 15 is 0 Å². The lowest BCUT2D eigenvalue weighted by Gasteiger charge is -2.12. The highest BCUT2D eigenvalue weighted by Crippen LogP contribution is 2.46. The number of nitrogens with zero attached hydrogens (tertiary/aromatic N) is 6. The van der Waals surface area contributed by atoms with Gasteiger partial charge in [0.15, 0.2) is 16.6 Å². The van der Waals surface area contributed by atoms with Crippen LogP contribution in [0.5, 0.6) is 0 Å². The molecule has 130 valence electrons. The summed E-state index contributed by atoms with van der Waals surface area (Å²) in [7, 11) is 0. The lowest BCUT2D eigenvalue weighted by atomic mass is 10.0. The van der Waals surface area contributed by atoms with Crippen LogP contribution in [0.3, 0.4) is 0 Å². The van der Waals surface area contributed by atoms with Crippen molar-refractivity contribution in [3.05, 3.63) is 53.1 Å². The Morgan fingerprint density at radius 1 is 1.42 bits per heavy atom. The summed E-state index contributed by atoms with van der Waals surface area (Å²) in [5, 5.41) is 10.5. The van der Waals surface area contributed by atoms with Crippen LogP contribution in [0.2, 0.25) is 0 Å². The Hall–Kier alpha value is -2.92. The highest BCUT2D eigenvalue weighted by atomic mass is 32.2. The molecule has 3 heterocycles. The molecule has 1 fully saturated rings. The summed E-state index contributed by atoms with van der Waals surface area (Å²) in [6.45, 7) is 4.06. The molecule has 8 heteroatoms. The predicted molar refractivity (Wildman–Crippen MR) is 99.4 cm³/mol. The molecule has 1 saturated carbocycles. The van der Waals surface area contributed by atoms with Crippen molar-refractivity contribution in [1.82, 2.24) is 24.3 Å². The van der Waals surface area contributed by atoms with Gasteiger partial charge in [-0.05, 0) is 31.2 Å². The van der Waals surface area contributed by atoms with Gasteiger partial charge in [-0.15, -0.1) is 6.58 Å². The molecule has 0 aliphatic heterocycles. The maximum Gasteiger partial charge on any atom is 0.278 e. The summed E-state index contributed by atoms with van der Waals surface area (Å²) in [4.78, 5) is 26.2. The third-order valence-corrected chi connectivity index (χ3v) is 5.11. The van der Waals surface area contributed by atoms with Gasteiger partial charge in [-0.1, -0.05) is 23.9 Å². The number of allylic oxidation sites excluding steroid dienone is 1. The smallest absolute Gasteiger partial charge is 0.267 e. The molecule has 0 amide bonds. The van der Waals surface area contributed by atoms with E-state index in [1.165, 1.54) is 16.4 Å². The van der Waals surface area contributed by atoms with Gasteiger partial charge < -0.3 is 0 Å². The summed E-state index contributed by atoms with van der Waals surface area (Å²) >= 11 is 1.41. The first-order valence-electron chi connectivity index (χ1n) is 8.16. The molecular weight excluding hydrogens is 348 g/mol. The topological polar surface area (TPSA) is 89.4 Å². The van der Waals surface area contributed by atoms with Crippen LogP contribution in [0, 0.1) is 11.3 Å². The number of hydrogen-bond acceptors (Lipinski definition) is 6. The van der Waals surface area contributed by atoms with Crippen LogP contribution in [-0.4, -0.2) is 30.6 Å². The van der Waals surface area contributed by atoms with Gasteiger partial charge in [0.05, 0.1) is 23.7 Å². The first-order valence-corrected chi connectivity index (χ1v) is 9.38. The van der Waals surface area contributed by atoms with E-state index in [0.717, 1.165) is 18.5 Å². The second-order valence-corrected chi connectivity index (χ2v) is 6.93. The minimum atomic E-state index is -0.498. The molecule has 0 spiro atoms. The lowest BCUT2D eigenvalue weighted by molar-refractivity contribution is 0.593. The summed E-state index contributed by atoms with van der Waals surface area (Å²) in [6.07, 6.45) is 6.71. The van der Waals surface area contributed by atoms with Crippen LogP contribution >= 0.6 is 11.8 Å². The van der Waals surface area contributed by atoms with E-state index in [-0.39, 0.29) is 5.56 Å². The Morgan fingerprint density at radius 3 is 2.88 bits per heavy atom. The highest BCUT2D eigenvalue weighted by molar-refractivity contribution is 7.98. The fourth-order valence-electron chi connectivity index (χ4n) is 2.99. The number of fused-ring (bicyclic) bond motifs is 1. The third kappa shape index (κ3) is 2.44. The van der Waals surface area contributed by atoms with E-state index < -0.39 is 5.41 Å². The highest BCUT2D eigenvalue weighted by Gasteiger charge is 2.46. The van der Waals surface area contributed by atoms with Gasteiger partial charge in [-0.2, -0.15) is 5.26 Å². The summed E-state index contributed by atoms with van der Waals surface area (Å²) in [6, 6.07) is 7.90. The van der Waals surface area contributed by atoms with Crippen molar-refractivity contribution < 1.29 is 0 Å². The standard InChI is InChI=1S/C18H16N6OS/c1-3-9-23-16(25)12-10-20-17(26-2)22-15(12)24(23)14-6-4-5-13(21-14)18(11-19)7-8-18/h3-6,10H,1,7-9H2,2H3. The Kier molecular flexibility index (Phi) is 3.89. The van der Waals surface area contributed by atoms with E-state index in [9.17, 15) is 10.1 Å². The molecule has 0 aromatic carbocycles. The first-order chi connectivity index (χ1) is 12.6. The number of thioether (sulfide) groups is 1. The van der Waals surface area contributed by atoms with Crippen molar-refractivity contribution >= 4 is 22.8 Å². The van der Waals surface area contributed by atoms with E-state index in [2.05, 4.69) is 27.6 Å². The Bertz CT molecular complexity index is 1120. The van der Waals surface area contributed by atoms with Crippen molar-refractivity contribution in [2.75, 3.05) is 6.26 Å². The number of nitriles is 1. The van der Waals surface area contributed by atoms with Crippen LogP contribution in [0.25, 0.3) is 16.9 Å². The van der Waals surface area contributed by atoms with Crippen molar-refractivity contribution in [3.63, 3.8) is 0 Å². The molecule has 0 atom stereocenters. The predicted octanol–water partition coefficient (Wildman–Crippen LogP) is 2.44. The number of pyridine rings is 1. The first kappa shape index (κ1) is 16.5. The van der Waals surface area contributed by atoms with Crippen LogP contribution in [0.4, 0.5) is 0 Å². The summed E-state index contributed by atoms with van der Waals surface area (Å²) in [5.41, 5.74) is 0.544. The Balaban J connectivity index is 2.00. The zero-order chi connectivity index (χ0) is 18.3. The van der Waals surface area contributed by atoms with Crippen LogP contribution in [0.1, 0.15) is 18.5 Å². The molecule has 4 rings (SSSR count). The molecule has 0 N–H and O–H groups in total. The molecular formula is C18H16N6OS. The molecule has 0 saturated heterocycles. The second kappa shape index (κ2) is 6.11. The molecule has 1 aliphatic rings. The number of aromatic nitrogens is 5. The molecule has 0 radical (unpaired) electrons. The van der Waals surface area contributed by atoms with Crippen molar-refractivity contribution in [3.8, 4) is 11.9 Å². The van der Waals surface area contributed by atoms with Gasteiger partial charge in [0.2, 0.25) is 0 Å². The minimum Gasteiger partial charge on any atom is -0.267 e. The third-order valence-electron chi connectivity index (χ3n) is 4.54. The quantitative estimate of drug-likeness (QED) is 0.392. The average Bonchev–Trinajstić information content (AvgIpc) is 3.44. The molecule has 7 nitrogen and oxygen atoms in total. The fraction of sp³-hybridized carbons (Fsp3) is 0.278. The van der Waals surface area contributed by atoms with Crippen molar-refractivity contribution in [2.45, 2.75) is 30.0 Å². The number of hydrogen-bond donors (Lipinski definition) is 0. The van der Waals surface area contributed by atoms with E-state index in [1.807, 2.05) is 24.5 Å². The minimum absolute atomic E-state index is 0.193. The van der Waals surface area contributed by atoms with Gasteiger partial charge in [0.1, 0.15) is 5.39 Å². The van der Waals surface area contributed by atoms with Crippen molar-refractivity contribution in [1.29, 1.82) is 5.26 Å². The maximum absolute atomic E-state index is 12.8. The molecule has 26 heavy (non-hydrogen) atoms. The summed E-state index contributed by atoms with van der Waals surface area (Å²) in [5.74, 6) is 0.559. The van der Waals surface area contributed by atoms with Gasteiger partial charge in [-0.25, -0.2) is 24.3 Å².